The Bertz CT molecular complexity index is 1230. The summed E-state index contributed by atoms with van der Waals surface area (Å²) in [4.78, 5) is 5.33. The van der Waals surface area contributed by atoms with E-state index >= 15 is 0 Å². The van der Waals surface area contributed by atoms with Crippen LogP contribution in [-0.4, -0.2) is 5.71 Å². The van der Waals surface area contributed by atoms with Gasteiger partial charge in [0.05, 0.1) is 11.4 Å². The highest BCUT2D eigenvalue weighted by Crippen LogP contribution is 2.30. The molecule has 0 saturated heterocycles. The summed E-state index contributed by atoms with van der Waals surface area (Å²) in [6.07, 6.45) is 4.14. The third-order valence-electron chi connectivity index (χ3n) is 6.62. The summed E-state index contributed by atoms with van der Waals surface area (Å²) in [6, 6.07) is 32.9. The molecule has 0 atom stereocenters. The van der Waals surface area contributed by atoms with E-state index in [4.69, 9.17) is 4.99 Å². The van der Waals surface area contributed by atoms with Gasteiger partial charge in [-0.15, -0.1) is 0 Å². The Balaban J connectivity index is 1.65. The average Bonchev–Trinajstić information content (AvgIpc) is 2.82. The van der Waals surface area contributed by atoms with Gasteiger partial charge in [0.15, 0.2) is 0 Å². The summed E-state index contributed by atoms with van der Waals surface area (Å²) in [5, 5.41) is 0. The molecule has 4 aliphatic carbocycles. The van der Waals surface area contributed by atoms with Crippen molar-refractivity contribution in [1.82, 2.24) is 0 Å². The van der Waals surface area contributed by atoms with E-state index in [-0.39, 0.29) is 0 Å². The molecule has 0 unspecified atom stereocenters. The lowest BCUT2D eigenvalue weighted by Gasteiger charge is -2.17. The van der Waals surface area contributed by atoms with E-state index in [0.717, 1.165) is 48.2 Å². The molecule has 1 nitrogen and oxygen atoms in total. The third-order valence-corrected chi connectivity index (χ3v) is 6.62. The fraction of sp³-hybridized carbons (Fsp3) is 0.194. The minimum absolute atomic E-state index is 0.997. The number of hydrogen-bond donors (Lipinski definition) is 0. The SMILES string of the molecule is Cc1cc2c(N=C(c3ccccc3)c3ccccc3)cc1CCc1ccc(c(C)c1)CC2. The summed E-state index contributed by atoms with van der Waals surface area (Å²) < 4.78 is 0. The molecule has 0 radical (unpaired) electrons. The van der Waals surface area contributed by atoms with Crippen LogP contribution in [0.1, 0.15) is 44.5 Å². The molecule has 0 spiro atoms. The fourth-order valence-electron chi connectivity index (χ4n) is 4.72. The number of aliphatic imine (C=N–C) groups is 1. The van der Waals surface area contributed by atoms with Crippen LogP contribution in [0, 0.1) is 13.8 Å². The van der Waals surface area contributed by atoms with Gasteiger partial charge in [-0.25, -0.2) is 4.99 Å². The van der Waals surface area contributed by atoms with Crippen LogP contribution in [0.5, 0.6) is 0 Å². The highest BCUT2D eigenvalue weighted by molar-refractivity contribution is 6.14. The van der Waals surface area contributed by atoms with Crippen LogP contribution in [0.15, 0.2) is 96.0 Å². The van der Waals surface area contributed by atoms with E-state index < -0.39 is 0 Å². The predicted octanol–water partition coefficient (Wildman–Crippen LogP) is 7.36. The van der Waals surface area contributed by atoms with Gasteiger partial charge in [-0.2, -0.15) is 0 Å². The van der Waals surface area contributed by atoms with Gasteiger partial charge >= 0.3 is 0 Å². The van der Waals surface area contributed by atoms with Crippen molar-refractivity contribution in [3.63, 3.8) is 0 Å². The van der Waals surface area contributed by atoms with Crippen molar-refractivity contribution in [1.29, 1.82) is 0 Å². The van der Waals surface area contributed by atoms with Crippen LogP contribution < -0.4 is 0 Å². The topological polar surface area (TPSA) is 12.4 Å². The molecule has 0 N–H and O–H groups in total. The van der Waals surface area contributed by atoms with Crippen molar-refractivity contribution < 1.29 is 0 Å². The summed E-state index contributed by atoms with van der Waals surface area (Å²) in [5.41, 5.74) is 12.8. The first kappa shape index (κ1) is 20.5. The molecule has 0 aliphatic heterocycles. The zero-order chi connectivity index (χ0) is 21.9. The molecule has 0 heterocycles. The molecule has 1 heteroatoms. The van der Waals surface area contributed by atoms with E-state index in [1.807, 2.05) is 0 Å². The van der Waals surface area contributed by atoms with Crippen molar-refractivity contribution in [2.75, 3.05) is 0 Å². The third kappa shape index (κ3) is 4.29. The lowest BCUT2D eigenvalue weighted by molar-refractivity contribution is 0.904. The van der Waals surface area contributed by atoms with Gasteiger partial charge in [0.2, 0.25) is 0 Å². The van der Waals surface area contributed by atoms with Crippen LogP contribution in [0.3, 0.4) is 0 Å². The Morgan fingerprint density at radius 3 is 1.81 bits per heavy atom. The van der Waals surface area contributed by atoms with Crippen molar-refractivity contribution in [3.05, 3.63) is 136 Å². The Morgan fingerprint density at radius 2 is 1.16 bits per heavy atom. The van der Waals surface area contributed by atoms with Gasteiger partial charge in [0, 0.05) is 11.1 Å². The quantitative estimate of drug-likeness (QED) is 0.310. The van der Waals surface area contributed by atoms with Gasteiger partial charge < -0.3 is 0 Å². The van der Waals surface area contributed by atoms with Gasteiger partial charge in [0.25, 0.3) is 0 Å². The Kier molecular flexibility index (Phi) is 5.73. The molecule has 0 saturated carbocycles. The zero-order valence-corrected chi connectivity index (χ0v) is 18.9. The van der Waals surface area contributed by atoms with E-state index in [9.17, 15) is 0 Å². The van der Waals surface area contributed by atoms with E-state index in [1.54, 1.807) is 0 Å². The second-order valence-corrected chi connectivity index (χ2v) is 8.86. The summed E-state index contributed by atoms with van der Waals surface area (Å²) in [6.45, 7) is 4.50. The first-order valence-electron chi connectivity index (χ1n) is 11.6. The second kappa shape index (κ2) is 8.96. The zero-order valence-electron chi connectivity index (χ0n) is 18.9. The Morgan fingerprint density at radius 1 is 0.562 bits per heavy atom. The molecule has 4 aromatic carbocycles. The molecular weight excluding hydrogens is 386 g/mol. The van der Waals surface area contributed by atoms with Crippen LogP contribution in [0.25, 0.3) is 0 Å². The van der Waals surface area contributed by atoms with Crippen LogP contribution in [-0.2, 0) is 25.7 Å². The van der Waals surface area contributed by atoms with Crippen molar-refractivity contribution in [3.8, 4) is 0 Å². The van der Waals surface area contributed by atoms with E-state index in [1.165, 1.54) is 33.4 Å². The maximum atomic E-state index is 5.33. The summed E-state index contributed by atoms with van der Waals surface area (Å²) in [5.74, 6) is 0. The summed E-state index contributed by atoms with van der Waals surface area (Å²) in [7, 11) is 0. The molecule has 8 rings (SSSR count). The highest BCUT2D eigenvalue weighted by Gasteiger charge is 2.14. The normalized spacial score (nSPS) is 12.8. The smallest absolute Gasteiger partial charge is 0.0781 e. The molecule has 0 aromatic heterocycles. The van der Waals surface area contributed by atoms with Gasteiger partial charge in [0.1, 0.15) is 0 Å². The molecular formula is C31H29N. The molecule has 158 valence electrons. The minimum atomic E-state index is 0.997. The first-order valence-corrected chi connectivity index (χ1v) is 11.6. The number of aryl methyl sites for hydroxylation is 6. The molecule has 4 aliphatic rings. The molecule has 32 heavy (non-hydrogen) atoms. The maximum absolute atomic E-state index is 5.33. The standard InChI is InChI=1S/C31H29N/c1-22-19-24-13-15-25(22)17-18-29-20-23(2)28(16-14-24)21-30(29)32-31(26-9-5-3-6-10-26)27-11-7-4-8-12-27/h3-13,15,19-21H,14,16-18H2,1-2H3. The lowest BCUT2D eigenvalue weighted by Crippen LogP contribution is -2.05. The minimum Gasteiger partial charge on any atom is -0.247 e. The number of nitrogens with zero attached hydrogens (tertiary/aromatic N) is 1. The van der Waals surface area contributed by atoms with Gasteiger partial charge in [-0.3, -0.25) is 0 Å². The van der Waals surface area contributed by atoms with Gasteiger partial charge in [-0.05, 0) is 79.0 Å². The van der Waals surface area contributed by atoms with E-state index in [0.29, 0.717) is 0 Å². The highest BCUT2D eigenvalue weighted by atomic mass is 14.8. The maximum Gasteiger partial charge on any atom is 0.0781 e. The lowest BCUT2D eigenvalue weighted by atomic mass is 9.91. The van der Waals surface area contributed by atoms with Crippen molar-refractivity contribution >= 4 is 11.4 Å². The van der Waals surface area contributed by atoms with Crippen molar-refractivity contribution in [2.45, 2.75) is 39.5 Å². The van der Waals surface area contributed by atoms with E-state index in [2.05, 4.69) is 105 Å². The monoisotopic (exact) mass is 415 g/mol. The summed E-state index contributed by atoms with van der Waals surface area (Å²) >= 11 is 0. The Hall–Kier alpha value is -3.45. The Labute approximate surface area is 191 Å². The second-order valence-electron chi connectivity index (χ2n) is 8.86. The van der Waals surface area contributed by atoms with Crippen LogP contribution >= 0.6 is 0 Å². The predicted molar refractivity (Wildman–Crippen MR) is 135 cm³/mol. The first-order chi connectivity index (χ1) is 15.7. The molecule has 4 bridgehead atoms. The largest absolute Gasteiger partial charge is 0.247 e. The van der Waals surface area contributed by atoms with Crippen LogP contribution in [0.4, 0.5) is 5.69 Å². The molecule has 0 amide bonds. The number of benzene rings is 4. The average molecular weight is 416 g/mol. The van der Waals surface area contributed by atoms with Crippen molar-refractivity contribution in [2.24, 2.45) is 4.99 Å². The van der Waals surface area contributed by atoms with Gasteiger partial charge in [-0.1, -0.05) is 84.9 Å². The fourth-order valence-corrected chi connectivity index (χ4v) is 4.72. The number of hydrogen-bond acceptors (Lipinski definition) is 1. The molecule has 0 fully saturated rings. The van der Waals surface area contributed by atoms with Crippen LogP contribution in [0.2, 0.25) is 0 Å². The number of rotatable bonds is 3. The molecule has 4 aromatic rings.